The summed E-state index contributed by atoms with van der Waals surface area (Å²) >= 11 is 0. The molecule has 3 aromatic rings. The molecule has 1 aromatic heterocycles. The highest BCUT2D eigenvalue weighted by Crippen LogP contribution is 2.34. The van der Waals surface area contributed by atoms with Crippen molar-refractivity contribution in [1.82, 2.24) is 9.97 Å². The number of carbonyl (C=O) groups is 1. The maximum absolute atomic E-state index is 12.6. The van der Waals surface area contributed by atoms with Crippen LogP contribution < -0.4 is 20.1 Å². The van der Waals surface area contributed by atoms with Gasteiger partial charge in [-0.05, 0) is 50.2 Å². The molecule has 30 heavy (non-hydrogen) atoms. The smallest absolute Gasteiger partial charge is 0.356 e. The normalized spacial score (nSPS) is 11.2. The topological polar surface area (TPSA) is 131 Å². The first-order chi connectivity index (χ1) is 14.2. The van der Waals surface area contributed by atoms with Crippen LogP contribution in [0.5, 0.6) is 17.2 Å². The van der Waals surface area contributed by atoms with Gasteiger partial charge in [0.1, 0.15) is 17.2 Å². The Morgan fingerprint density at radius 1 is 1.03 bits per heavy atom. The van der Waals surface area contributed by atoms with E-state index in [1.165, 1.54) is 48.9 Å². The van der Waals surface area contributed by atoms with E-state index < -0.39 is 13.5 Å². The van der Waals surface area contributed by atoms with Crippen molar-refractivity contribution < 1.29 is 28.6 Å². The van der Waals surface area contributed by atoms with E-state index in [-0.39, 0.29) is 17.0 Å². The Bertz CT molecular complexity index is 1070. The highest BCUT2D eigenvalue weighted by Gasteiger charge is 2.17. The summed E-state index contributed by atoms with van der Waals surface area (Å²) in [6.07, 6.45) is 4.26. The van der Waals surface area contributed by atoms with Gasteiger partial charge in [0.15, 0.2) is 5.82 Å². The standard InChI is InChI=1S/C20H20N3O6P/c1-13(2)28-16-9-14(20(24)23-19-12-21-7-8-22-19)10-17(11-16)29-15-3-5-18(6-4-15)30(25,26)27/h3-13H,1-2H3,(H,22,23,24)(H2,25,26,27). The minimum atomic E-state index is -4.34. The molecule has 0 fully saturated rings. The predicted molar refractivity (Wildman–Crippen MR) is 110 cm³/mol. The van der Waals surface area contributed by atoms with Crippen LogP contribution in [0.15, 0.2) is 61.1 Å². The first-order valence-corrected chi connectivity index (χ1v) is 10.5. The number of nitrogens with one attached hydrogen (secondary N) is 1. The molecule has 0 unspecified atom stereocenters. The summed E-state index contributed by atoms with van der Waals surface area (Å²) in [5.74, 6) is 0.966. The zero-order valence-corrected chi connectivity index (χ0v) is 17.1. The van der Waals surface area contributed by atoms with E-state index in [1.54, 1.807) is 12.1 Å². The van der Waals surface area contributed by atoms with E-state index in [1.807, 2.05) is 13.8 Å². The Balaban J connectivity index is 1.87. The molecule has 9 nitrogen and oxygen atoms in total. The number of ether oxygens (including phenoxy) is 2. The fourth-order valence-corrected chi connectivity index (χ4v) is 3.04. The summed E-state index contributed by atoms with van der Waals surface area (Å²) in [4.78, 5) is 39.0. The summed E-state index contributed by atoms with van der Waals surface area (Å²) in [5, 5.41) is 2.53. The molecule has 0 aliphatic rings. The molecule has 3 rings (SSSR count). The molecule has 0 atom stereocenters. The molecule has 10 heteroatoms. The number of carbonyl (C=O) groups excluding carboxylic acids is 1. The van der Waals surface area contributed by atoms with Crippen LogP contribution in [-0.4, -0.2) is 31.8 Å². The minimum absolute atomic E-state index is 0.115. The van der Waals surface area contributed by atoms with Gasteiger partial charge in [-0.3, -0.25) is 14.3 Å². The van der Waals surface area contributed by atoms with Gasteiger partial charge in [0, 0.05) is 24.0 Å². The molecule has 0 aliphatic heterocycles. The number of nitrogens with zero attached hydrogens (tertiary/aromatic N) is 2. The lowest BCUT2D eigenvalue weighted by molar-refractivity contribution is 0.102. The lowest BCUT2D eigenvalue weighted by atomic mass is 10.2. The van der Waals surface area contributed by atoms with Gasteiger partial charge < -0.3 is 24.6 Å². The molecule has 0 aliphatic carbocycles. The van der Waals surface area contributed by atoms with E-state index in [2.05, 4.69) is 15.3 Å². The van der Waals surface area contributed by atoms with Crippen LogP contribution in [0, 0.1) is 0 Å². The number of hydrogen-bond acceptors (Lipinski definition) is 6. The molecule has 1 heterocycles. The van der Waals surface area contributed by atoms with Crippen molar-refractivity contribution in [3.8, 4) is 17.2 Å². The third-order valence-corrected chi connectivity index (χ3v) is 4.70. The summed E-state index contributed by atoms with van der Waals surface area (Å²) in [5.41, 5.74) is 0.278. The zero-order valence-electron chi connectivity index (χ0n) is 16.2. The number of hydrogen-bond donors (Lipinski definition) is 3. The van der Waals surface area contributed by atoms with Crippen LogP contribution in [-0.2, 0) is 4.57 Å². The van der Waals surface area contributed by atoms with Crippen LogP contribution in [0.3, 0.4) is 0 Å². The summed E-state index contributed by atoms with van der Waals surface area (Å²) in [6, 6.07) is 10.2. The second-order valence-corrected chi connectivity index (χ2v) is 8.15. The number of rotatable bonds is 7. The molecule has 156 valence electrons. The van der Waals surface area contributed by atoms with Crippen molar-refractivity contribution in [2.24, 2.45) is 0 Å². The van der Waals surface area contributed by atoms with Gasteiger partial charge >= 0.3 is 7.60 Å². The molecule has 0 saturated carbocycles. The Kier molecular flexibility index (Phi) is 6.47. The molecular formula is C20H20N3O6P. The van der Waals surface area contributed by atoms with Crippen molar-refractivity contribution in [1.29, 1.82) is 0 Å². The number of anilines is 1. The fourth-order valence-electron chi connectivity index (χ4n) is 2.50. The van der Waals surface area contributed by atoms with Crippen LogP contribution in [0.4, 0.5) is 5.82 Å². The molecule has 0 spiro atoms. The van der Waals surface area contributed by atoms with Gasteiger partial charge in [-0.15, -0.1) is 0 Å². The molecule has 3 N–H and O–H groups in total. The molecule has 0 saturated heterocycles. The fraction of sp³-hybridized carbons (Fsp3) is 0.150. The number of benzene rings is 2. The largest absolute Gasteiger partial charge is 0.491 e. The first-order valence-electron chi connectivity index (χ1n) is 8.94. The van der Waals surface area contributed by atoms with Crippen LogP contribution >= 0.6 is 7.60 Å². The highest BCUT2D eigenvalue weighted by atomic mass is 31.2. The monoisotopic (exact) mass is 429 g/mol. The van der Waals surface area contributed by atoms with Gasteiger partial charge in [0.05, 0.1) is 17.6 Å². The van der Waals surface area contributed by atoms with Gasteiger partial charge in [0.25, 0.3) is 5.91 Å². The van der Waals surface area contributed by atoms with Crippen molar-refractivity contribution in [2.45, 2.75) is 20.0 Å². The van der Waals surface area contributed by atoms with Crippen molar-refractivity contribution >= 4 is 24.6 Å². The Hall–Kier alpha value is -3.26. The van der Waals surface area contributed by atoms with E-state index in [9.17, 15) is 19.1 Å². The van der Waals surface area contributed by atoms with Crippen LogP contribution in [0.2, 0.25) is 0 Å². The summed E-state index contributed by atoms with van der Waals surface area (Å²) in [6.45, 7) is 3.71. The number of amides is 1. The third-order valence-electron chi connectivity index (χ3n) is 3.73. The number of aromatic nitrogens is 2. The van der Waals surface area contributed by atoms with E-state index >= 15 is 0 Å². The van der Waals surface area contributed by atoms with Gasteiger partial charge in [-0.1, -0.05) is 0 Å². The Labute approximate surface area is 172 Å². The molecule has 0 bridgehead atoms. The molecule has 2 aromatic carbocycles. The van der Waals surface area contributed by atoms with E-state index in [4.69, 9.17) is 9.47 Å². The second kappa shape index (κ2) is 9.04. The third kappa shape index (κ3) is 5.87. The minimum Gasteiger partial charge on any atom is -0.491 e. The highest BCUT2D eigenvalue weighted by molar-refractivity contribution is 7.60. The SMILES string of the molecule is CC(C)Oc1cc(Oc2ccc(P(=O)(O)O)cc2)cc(C(=O)Nc2cnccn2)c1. The molecule has 0 radical (unpaired) electrons. The maximum Gasteiger partial charge on any atom is 0.356 e. The summed E-state index contributed by atoms with van der Waals surface area (Å²) < 4.78 is 22.8. The van der Waals surface area contributed by atoms with E-state index in [0.29, 0.717) is 23.1 Å². The predicted octanol–water partition coefficient (Wildman–Crippen LogP) is 3.11. The molecular weight excluding hydrogens is 409 g/mol. The van der Waals surface area contributed by atoms with E-state index in [0.717, 1.165) is 0 Å². The second-order valence-electron chi connectivity index (χ2n) is 6.54. The Morgan fingerprint density at radius 2 is 1.73 bits per heavy atom. The first kappa shape index (κ1) is 21.4. The zero-order chi connectivity index (χ0) is 21.7. The van der Waals surface area contributed by atoms with Crippen molar-refractivity contribution in [2.75, 3.05) is 5.32 Å². The average Bonchev–Trinajstić information content (AvgIpc) is 2.68. The quantitative estimate of drug-likeness (QED) is 0.489. The Morgan fingerprint density at radius 3 is 2.33 bits per heavy atom. The average molecular weight is 429 g/mol. The van der Waals surface area contributed by atoms with Gasteiger partial charge in [0.2, 0.25) is 0 Å². The van der Waals surface area contributed by atoms with Crippen molar-refractivity contribution in [3.05, 3.63) is 66.6 Å². The lowest BCUT2D eigenvalue weighted by Gasteiger charge is -2.14. The van der Waals surface area contributed by atoms with Crippen molar-refractivity contribution in [3.63, 3.8) is 0 Å². The molecule has 1 amide bonds. The van der Waals surface area contributed by atoms with Gasteiger partial charge in [-0.2, -0.15) is 0 Å². The van der Waals surface area contributed by atoms with Gasteiger partial charge in [-0.25, -0.2) is 4.98 Å². The lowest BCUT2D eigenvalue weighted by Crippen LogP contribution is -2.14. The van der Waals surface area contributed by atoms with Crippen LogP contribution in [0.1, 0.15) is 24.2 Å². The van der Waals surface area contributed by atoms with Crippen LogP contribution in [0.25, 0.3) is 0 Å². The maximum atomic E-state index is 12.6. The summed E-state index contributed by atoms with van der Waals surface area (Å²) in [7, 11) is -4.34.